The number of nitrogens with zero attached hydrogens (tertiary/aromatic N) is 2. The molecule has 1 aromatic carbocycles. The lowest BCUT2D eigenvalue weighted by Gasteiger charge is -2.15. The Balaban J connectivity index is 1.56. The van der Waals surface area contributed by atoms with Crippen LogP contribution >= 0.6 is 34.9 Å². The SMILES string of the molecule is CSc1ccc(C2=NNC(=NCCc3cccs3)SC2)cc1. The Morgan fingerprint density at radius 1 is 1.27 bits per heavy atom. The first-order chi connectivity index (χ1) is 10.8. The number of thioether (sulfide) groups is 2. The van der Waals surface area contributed by atoms with Crippen LogP contribution in [0, 0.1) is 0 Å². The monoisotopic (exact) mass is 347 g/mol. The molecule has 1 aliphatic rings. The summed E-state index contributed by atoms with van der Waals surface area (Å²) in [4.78, 5) is 7.23. The molecular formula is C16H17N3S3. The average Bonchev–Trinajstić information content (AvgIpc) is 3.09. The molecule has 0 radical (unpaired) electrons. The number of benzene rings is 1. The fourth-order valence-electron chi connectivity index (χ4n) is 2.05. The zero-order valence-corrected chi connectivity index (χ0v) is 14.7. The molecule has 3 rings (SSSR count). The molecule has 22 heavy (non-hydrogen) atoms. The molecule has 0 fully saturated rings. The first-order valence-corrected chi connectivity index (χ1v) is 10.1. The molecule has 1 aromatic heterocycles. The summed E-state index contributed by atoms with van der Waals surface area (Å²) in [5, 5.41) is 7.49. The first kappa shape index (κ1) is 15.6. The van der Waals surface area contributed by atoms with Crippen molar-refractivity contribution in [3.05, 3.63) is 52.2 Å². The summed E-state index contributed by atoms with van der Waals surface area (Å²) >= 11 is 5.26. The van der Waals surface area contributed by atoms with Gasteiger partial charge in [-0.1, -0.05) is 30.0 Å². The Bertz CT molecular complexity index is 660. The molecule has 2 heterocycles. The van der Waals surface area contributed by atoms with Crippen LogP contribution in [0.2, 0.25) is 0 Å². The molecule has 0 aliphatic carbocycles. The third kappa shape index (κ3) is 4.15. The standard InChI is InChI=1S/C16H17N3S3/c1-20-13-6-4-12(5-7-13)15-11-22-16(19-18-15)17-9-8-14-3-2-10-21-14/h2-7,10H,8-9,11H2,1H3,(H,17,19). The van der Waals surface area contributed by atoms with E-state index in [-0.39, 0.29) is 0 Å². The molecule has 0 unspecified atom stereocenters. The maximum Gasteiger partial charge on any atom is 0.177 e. The van der Waals surface area contributed by atoms with Gasteiger partial charge in [0.25, 0.3) is 0 Å². The van der Waals surface area contributed by atoms with Crippen LogP contribution in [0.1, 0.15) is 10.4 Å². The van der Waals surface area contributed by atoms with E-state index in [2.05, 4.69) is 63.6 Å². The summed E-state index contributed by atoms with van der Waals surface area (Å²) < 4.78 is 0. The van der Waals surface area contributed by atoms with Crippen molar-refractivity contribution in [1.82, 2.24) is 5.43 Å². The molecule has 1 aliphatic heterocycles. The van der Waals surface area contributed by atoms with Gasteiger partial charge in [0.15, 0.2) is 5.17 Å². The van der Waals surface area contributed by atoms with Crippen LogP contribution in [0.15, 0.2) is 56.8 Å². The van der Waals surface area contributed by atoms with Gasteiger partial charge < -0.3 is 0 Å². The van der Waals surface area contributed by atoms with Crippen molar-refractivity contribution in [1.29, 1.82) is 0 Å². The topological polar surface area (TPSA) is 36.8 Å². The lowest BCUT2D eigenvalue weighted by atomic mass is 10.1. The van der Waals surface area contributed by atoms with Gasteiger partial charge in [-0.25, -0.2) is 0 Å². The molecular weight excluding hydrogens is 330 g/mol. The largest absolute Gasteiger partial charge is 0.261 e. The Hall–Kier alpha value is -1.24. The number of hydrogen-bond acceptors (Lipinski definition) is 5. The van der Waals surface area contributed by atoms with Gasteiger partial charge in [-0.2, -0.15) is 5.10 Å². The van der Waals surface area contributed by atoms with E-state index in [0.717, 1.165) is 29.6 Å². The van der Waals surface area contributed by atoms with E-state index >= 15 is 0 Å². The molecule has 1 N–H and O–H groups in total. The summed E-state index contributed by atoms with van der Waals surface area (Å²) in [7, 11) is 0. The number of rotatable bonds is 5. The molecule has 114 valence electrons. The number of hydrogen-bond donors (Lipinski definition) is 1. The van der Waals surface area contributed by atoms with E-state index in [0.29, 0.717) is 0 Å². The number of aliphatic imine (C=N–C) groups is 1. The van der Waals surface area contributed by atoms with Crippen LogP contribution in [0.4, 0.5) is 0 Å². The van der Waals surface area contributed by atoms with Gasteiger partial charge in [0.2, 0.25) is 0 Å². The van der Waals surface area contributed by atoms with E-state index in [4.69, 9.17) is 0 Å². The summed E-state index contributed by atoms with van der Waals surface area (Å²) in [5.41, 5.74) is 5.33. The molecule has 2 aromatic rings. The molecule has 0 bridgehead atoms. The molecule has 0 saturated carbocycles. The Labute approximate surface area is 143 Å². The highest BCUT2D eigenvalue weighted by atomic mass is 32.2. The van der Waals surface area contributed by atoms with Gasteiger partial charge in [-0.3, -0.25) is 10.4 Å². The molecule has 6 heteroatoms. The maximum atomic E-state index is 4.58. The van der Waals surface area contributed by atoms with Crippen molar-refractivity contribution in [3.8, 4) is 0 Å². The Morgan fingerprint density at radius 2 is 2.14 bits per heavy atom. The van der Waals surface area contributed by atoms with Gasteiger partial charge in [0.1, 0.15) is 0 Å². The fourth-order valence-corrected chi connectivity index (χ4v) is 3.96. The second kappa shape index (κ2) is 7.85. The van der Waals surface area contributed by atoms with Crippen molar-refractivity contribution in [2.75, 3.05) is 18.6 Å². The van der Waals surface area contributed by atoms with Gasteiger partial charge in [-0.15, -0.1) is 23.1 Å². The van der Waals surface area contributed by atoms with Crippen molar-refractivity contribution in [2.45, 2.75) is 11.3 Å². The zero-order chi connectivity index (χ0) is 15.2. The summed E-state index contributed by atoms with van der Waals surface area (Å²) in [6, 6.07) is 12.8. The van der Waals surface area contributed by atoms with E-state index in [1.807, 2.05) is 0 Å². The minimum Gasteiger partial charge on any atom is -0.261 e. The Morgan fingerprint density at radius 3 is 2.77 bits per heavy atom. The number of thiophene rings is 1. The van der Waals surface area contributed by atoms with Gasteiger partial charge in [0.05, 0.1) is 5.71 Å². The minimum atomic E-state index is 0.809. The van der Waals surface area contributed by atoms with Gasteiger partial charge in [-0.05, 0) is 35.4 Å². The fraction of sp³-hybridized carbons (Fsp3) is 0.250. The summed E-state index contributed by atoms with van der Waals surface area (Å²) in [6.45, 7) is 0.809. The van der Waals surface area contributed by atoms with Crippen LogP contribution < -0.4 is 5.43 Å². The van der Waals surface area contributed by atoms with E-state index in [9.17, 15) is 0 Å². The Kier molecular flexibility index (Phi) is 5.58. The highest BCUT2D eigenvalue weighted by Gasteiger charge is 2.12. The van der Waals surface area contributed by atoms with Crippen molar-refractivity contribution in [2.24, 2.45) is 10.1 Å². The van der Waals surface area contributed by atoms with Crippen molar-refractivity contribution < 1.29 is 0 Å². The van der Waals surface area contributed by atoms with Crippen LogP contribution in [0.25, 0.3) is 0 Å². The van der Waals surface area contributed by atoms with Crippen LogP contribution in [-0.4, -0.2) is 29.4 Å². The predicted octanol–water partition coefficient (Wildman–Crippen LogP) is 4.11. The highest BCUT2D eigenvalue weighted by molar-refractivity contribution is 8.14. The minimum absolute atomic E-state index is 0.809. The lowest BCUT2D eigenvalue weighted by molar-refractivity contribution is 0.954. The van der Waals surface area contributed by atoms with E-state index < -0.39 is 0 Å². The van der Waals surface area contributed by atoms with E-state index in [1.54, 1.807) is 34.9 Å². The second-order valence-electron chi connectivity index (χ2n) is 4.70. The summed E-state index contributed by atoms with van der Waals surface area (Å²) in [5.74, 6) is 0.865. The van der Waals surface area contributed by atoms with E-state index in [1.165, 1.54) is 15.3 Å². The van der Waals surface area contributed by atoms with Gasteiger partial charge >= 0.3 is 0 Å². The third-order valence-corrected chi connectivity index (χ3v) is 5.84. The third-order valence-electron chi connectivity index (χ3n) is 3.25. The molecule has 0 saturated heterocycles. The lowest BCUT2D eigenvalue weighted by Crippen LogP contribution is -2.25. The summed E-state index contributed by atoms with van der Waals surface area (Å²) in [6.07, 6.45) is 3.08. The predicted molar refractivity (Wildman–Crippen MR) is 101 cm³/mol. The quantitative estimate of drug-likeness (QED) is 0.827. The number of nitrogens with one attached hydrogen (secondary N) is 1. The normalized spacial score (nSPS) is 16.4. The smallest absolute Gasteiger partial charge is 0.177 e. The second-order valence-corrected chi connectivity index (χ2v) is 7.58. The van der Waals surface area contributed by atoms with Gasteiger partial charge in [0, 0.05) is 28.5 Å². The van der Waals surface area contributed by atoms with Crippen LogP contribution in [-0.2, 0) is 6.42 Å². The van der Waals surface area contributed by atoms with Crippen molar-refractivity contribution >= 4 is 45.7 Å². The molecule has 0 atom stereocenters. The van der Waals surface area contributed by atoms with Crippen molar-refractivity contribution in [3.63, 3.8) is 0 Å². The first-order valence-electron chi connectivity index (χ1n) is 7.02. The molecule has 0 spiro atoms. The molecule has 0 amide bonds. The maximum absolute atomic E-state index is 4.58. The van der Waals surface area contributed by atoms with Crippen LogP contribution in [0.5, 0.6) is 0 Å². The average molecular weight is 348 g/mol. The molecule has 3 nitrogen and oxygen atoms in total. The zero-order valence-electron chi connectivity index (χ0n) is 12.3. The highest BCUT2D eigenvalue weighted by Crippen LogP contribution is 2.18. The van der Waals surface area contributed by atoms with Crippen LogP contribution in [0.3, 0.4) is 0 Å². The number of amidine groups is 1. The number of hydrazone groups is 1.